The lowest BCUT2D eigenvalue weighted by Crippen LogP contribution is -2.52. The third kappa shape index (κ3) is 3.00. The molecular formula is C14H25N3. The summed E-state index contributed by atoms with van der Waals surface area (Å²) in [7, 11) is 0. The van der Waals surface area contributed by atoms with E-state index in [2.05, 4.69) is 24.8 Å². The average molecular weight is 235 g/mol. The molecule has 0 amide bonds. The molecule has 1 saturated carbocycles. The smallest absolute Gasteiger partial charge is 0.119 e. The van der Waals surface area contributed by atoms with Crippen molar-refractivity contribution in [1.82, 2.24) is 4.90 Å². The molecule has 1 unspecified atom stereocenters. The Kier molecular flexibility index (Phi) is 3.75. The molecule has 2 N–H and O–H groups in total. The molecule has 1 heterocycles. The minimum atomic E-state index is -0.579. The van der Waals surface area contributed by atoms with Gasteiger partial charge in [-0.05, 0) is 56.5 Å². The maximum Gasteiger partial charge on any atom is 0.119 e. The molecule has 1 atom stereocenters. The predicted molar refractivity (Wildman–Crippen MR) is 69.3 cm³/mol. The molecule has 0 radical (unpaired) electrons. The number of nitrogens with two attached hydrogens (primary N) is 1. The molecular weight excluding hydrogens is 210 g/mol. The SMILES string of the molecule is CC(C)C1CCN(CC(N)(C#N)C2CC2)CC1. The maximum absolute atomic E-state index is 9.26. The van der Waals surface area contributed by atoms with E-state index in [4.69, 9.17) is 5.73 Å². The van der Waals surface area contributed by atoms with Crippen molar-refractivity contribution in [1.29, 1.82) is 5.26 Å². The van der Waals surface area contributed by atoms with Crippen LogP contribution in [0.5, 0.6) is 0 Å². The van der Waals surface area contributed by atoms with Gasteiger partial charge in [0, 0.05) is 6.54 Å². The first-order chi connectivity index (χ1) is 8.05. The maximum atomic E-state index is 9.26. The molecule has 0 aromatic carbocycles. The molecule has 0 aromatic heterocycles. The number of nitrogens with zero attached hydrogens (tertiary/aromatic N) is 2. The van der Waals surface area contributed by atoms with E-state index in [9.17, 15) is 5.26 Å². The molecule has 17 heavy (non-hydrogen) atoms. The third-order valence-electron chi connectivity index (χ3n) is 4.57. The highest BCUT2D eigenvalue weighted by Crippen LogP contribution is 2.39. The molecule has 2 fully saturated rings. The van der Waals surface area contributed by atoms with Gasteiger partial charge in [-0.15, -0.1) is 0 Å². The molecule has 1 saturated heterocycles. The van der Waals surface area contributed by atoms with Crippen molar-refractivity contribution in [3.63, 3.8) is 0 Å². The van der Waals surface area contributed by atoms with Gasteiger partial charge in [0.15, 0.2) is 0 Å². The van der Waals surface area contributed by atoms with Crippen molar-refractivity contribution in [3.8, 4) is 6.07 Å². The third-order valence-corrected chi connectivity index (χ3v) is 4.57. The normalized spacial score (nSPS) is 26.8. The topological polar surface area (TPSA) is 53.0 Å². The summed E-state index contributed by atoms with van der Waals surface area (Å²) in [5, 5.41) is 9.26. The van der Waals surface area contributed by atoms with Gasteiger partial charge in [-0.25, -0.2) is 0 Å². The van der Waals surface area contributed by atoms with Crippen LogP contribution < -0.4 is 5.73 Å². The number of rotatable bonds is 4. The molecule has 1 aliphatic heterocycles. The zero-order valence-corrected chi connectivity index (χ0v) is 11.2. The van der Waals surface area contributed by atoms with Crippen LogP contribution in [-0.2, 0) is 0 Å². The van der Waals surface area contributed by atoms with E-state index >= 15 is 0 Å². The zero-order chi connectivity index (χ0) is 12.5. The molecule has 2 aliphatic rings. The summed E-state index contributed by atoms with van der Waals surface area (Å²) in [6, 6.07) is 2.36. The number of likely N-dealkylation sites (tertiary alicyclic amines) is 1. The highest BCUT2D eigenvalue weighted by atomic mass is 15.2. The summed E-state index contributed by atoms with van der Waals surface area (Å²) < 4.78 is 0. The molecule has 3 heteroatoms. The second-order valence-corrected chi connectivity index (χ2v) is 6.28. The van der Waals surface area contributed by atoms with Crippen LogP contribution in [0.3, 0.4) is 0 Å². The second-order valence-electron chi connectivity index (χ2n) is 6.28. The quantitative estimate of drug-likeness (QED) is 0.810. The van der Waals surface area contributed by atoms with Crippen molar-refractivity contribution < 1.29 is 0 Å². The van der Waals surface area contributed by atoms with E-state index < -0.39 is 5.54 Å². The van der Waals surface area contributed by atoms with Crippen LogP contribution in [0, 0.1) is 29.1 Å². The molecule has 0 spiro atoms. The Morgan fingerprint density at radius 2 is 1.88 bits per heavy atom. The van der Waals surface area contributed by atoms with E-state index in [1.165, 1.54) is 12.8 Å². The summed E-state index contributed by atoms with van der Waals surface area (Å²) in [5.41, 5.74) is 5.65. The van der Waals surface area contributed by atoms with Gasteiger partial charge >= 0.3 is 0 Å². The molecule has 0 aromatic rings. The van der Waals surface area contributed by atoms with Crippen LogP contribution in [0.4, 0.5) is 0 Å². The van der Waals surface area contributed by atoms with Crippen molar-refractivity contribution in [3.05, 3.63) is 0 Å². The predicted octanol–water partition coefficient (Wildman–Crippen LogP) is 1.99. The highest BCUT2D eigenvalue weighted by Gasteiger charge is 2.44. The van der Waals surface area contributed by atoms with Crippen molar-refractivity contribution in [2.75, 3.05) is 19.6 Å². The van der Waals surface area contributed by atoms with Gasteiger partial charge in [0.25, 0.3) is 0 Å². The Bertz CT molecular complexity index is 295. The lowest BCUT2D eigenvalue weighted by Gasteiger charge is -2.37. The van der Waals surface area contributed by atoms with Gasteiger partial charge in [0.2, 0.25) is 0 Å². The number of hydrogen-bond donors (Lipinski definition) is 1. The molecule has 0 bridgehead atoms. The lowest BCUT2D eigenvalue weighted by atomic mass is 9.85. The summed E-state index contributed by atoms with van der Waals surface area (Å²) in [5.74, 6) is 2.11. The largest absolute Gasteiger partial charge is 0.312 e. The fourth-order valence-corrected chi connectivity index (χ4v) is 3.00. The summed E-state index contributed by atoms with van der Waals surface area (Å²) >= 11 is 0. The van der Waals surface area contributed by atoms with E-state index in [1.54, 1.807) is 0 Å². The van der Waals surface area contributed by atoms with E-state index in [0.717, 1.165) is 44.3 Å². The van der Waals surface area contributed by atoms with Gasteiger partial charge in [-0.3, -0.25) is 0 Å². The first kappa shape index (κ1) is 12.9. The standard InChI is InChI=1S/C14H25N3/c1-11(2)12-5-7-17(8-6-12)10-14(16,9-15)13-3-4-13/h11-13H,3-8,10,16H2,1-2H3. The zero-order valence-electron chi connectivity index (χ0n) is 11.2. The van der Waals surface area contributed by atoms with Gasteiger partial charge in [0.1, 0.15) is 5.54 Å². The second kappa shape index (κ2) is 4.96. The summed E-state index contributed by atoms with van der Waals surface area (Å²) in [4.78, 5) is 2.40. The Balaban J connectivity index is 1.83. The average Bonchev–Trinajstić information content (AvgIpc) is 3.13. The van der Waals surface area contributed by atoms with Crippen LogP contribution in [0.15, 0.2) is 0 Å². The van der Waals surface area contributed by atoms with Crippen LogP contribution >= 0.6 is 0 Å². The minimum Gasteiger partial charge on any atom is -0.312 e. The highest BCUT2D eigenvalue weighted by molar-refractivity contribution is 5.14. The number of hydrogen-bond acceptors (Lipinski definition) is 3. The molecule has 96 valence electrons. The Morgan fingerprint density at radius 3 is 2.29 bits per heavy atom. The van der Waals surface area contributed by atoms with E-state index in [-0.39, 0.29) is 0 Å². The van der Waals surface area contributed by atoms with Gasteiger partial charge < -0.3 is 10.6 Å². The van der Waals surface area contributed by atoms with E-state index in [0.29, 0.717) is 5.92 Å². The minimum absolute atomic E-state index is 0.454. The van der Waals surface area contributed by atoms with Crippen LogP contribution in [0.1, 0.15) is 39.5 Å². The first-order valence-corrected chi connectivity index (χ1v) is 6.97. The van der Waals surface area contributed by atoms with Gasteiger partial charge in [-0.1, -0.05) is 13.8 Å². The molecule has 1 aliphatic carbocycles. The van der Waals surface area contributed by atoms with Crippen molar-refractivity contribution in [2.24, 2.45) is 23.5 Å². The summed E-state index contributed by atoms with van der Waals surface area (Å²) in [6.45, 7) is 7.64. The Morgan fingerprint density at radius 1 is 1.29 bits per heavy atom. The van der Waals surface area contributed by atoms with E-state index in [1.807, 2.05) is 0 Å². The van der Waals surface area contributed by atoms with Gasteiger partial charge in [-0.2, -0.15) is 5.26 Å². The molecule has 3 nitrogen and oxygen atoms in total. The van der Waals surface area contributed by atoms with Gasteiger partial charge in [0.05, 0.1) is 6.07 Å². The van der Waals surface area contributed by atoms with Crippen LogP contribution in [-0.4, -0.2) is 30.1 Å². The Hall–Kier alpha value is -0.590. The fraction of sp³-hybridized carbons (Fsp3) is 0.929. The number of nitriles is 1. The van der Waals surface area contributed by atoms with Crippen LogP contribution in [0.25, 0.3) is 0 Å². The van der Waals surface area contributed by atoms with Crippen LogP contribution in [0.2, 0.25) is 0 Å². The number of piperidine rings is 1. The molecule has 2 rings (SSSR count). The van der Waals surface area contributed by atoms with Crippen molar-refractivity contribution in [2.45, 2.75) is 45.1 Å². The fourth-order valence-electron chi connectivity index (χ4n) is 3.00. The summed E-state index contributed by atoms with van der Waals surface area (Å²) in [6.07, 6.45) is 4.83. The lowest BCUT2D eigenvalue weighted by molar-refractivity contribution is 0.136. The monoisotopic (exact) mass is 235 g/mol. The van der Waals surface area contributed by atoms with Crippen molar-refractivity contribution >= 4 is 0 Å². The first-order valence-electron chi connectivity index (χ1n) is 6.97. The Labute approximate surface area is 105 Å².